The topological polar surface area (TPSA) is 133 Å². The molecule has 0 bridgehead atoms. The summed E-state index contributed by atoms with van der Waals surface area (Å²) in [6.07, 6.45) is -10.2. The molecule has 8 nitrogen and oxygen atoms in total. The van der Waals surface area contributed by atoms with Crippen molar-refractivity contribution in [2.75, 3.05) is 10.6 Å². The number of nitrogens with one attached hydrogen (secondary N) is 2. The maximum Gasteiger partial charge on any atom is 0.411 e. The molecule has 55 heavy (non-hydrogen) atoms. The van der Waals surface area contributed by atoms with Gasteiger partial charge in [0, 0.05) is 44.2 Å². The van der Waals surface area contributed by atoms with E-state index < -0.39 is 91.2 Å². The van der Waals surface area contributed by atoms with Crippen LogP contribution in [0.25, 0.3) is 10.8 Å². The summed E-state index contributed by atoms with van der Waals surface area (Å²) >= 11 is 0. The molecule has 1 heterocycles. The highest BCUT2D eigenvalue weighted by Gasteiger charge is 2.72. The van der Waals surface area contributed by atoms with Gasteiger partial charge in [0.15, 0.2) is 5.78 Å². The van der Waals surface area contributed by atoms with Gasteiger partial charge in [-0.3, -0.25) is 9.59 Å². The summed E-state index contributed by atoms with van der Waals surface area (Å²) in [4.78, 5) is 52.9. The van der Waals surface area contributed by atoms with Crippen LogP contribution < -0.4 is 10.6 Å². The molecule has 1 amide bonds. The van der Waals surface area contributed by atoms with E-state index in [9.17, 15) is 29.4 Å². The summed E-state index contributed by atoms with van der Waals surface area (Å²) in [6, 6.07) is 9.38. The summed E-state index contributed by atoms with van der Waals surface area (Å²) < 4.78 is 91.6. The number of amides is 1. The van der Waals surface area contributed by atoms with Crippen molar-refractivity contribution in [1.82, 2.24) is 0 Å². The zero-order valence-corrected chi connectivity index (χ0v) is 30.9. The lowest BCUT2D eigenvalue weighted by molar-refractivity contribution is -0.288. The van der Waals surface area contributed by atoms with Crippen molar-refractivity contribution in [2.24, 2.45) is 5.41 Å². The Bertz CT molecular complexity index is 2220. The van der Waals surface area contributed by atoms with Crippen LogP contribution in [0.4, 0.5) is 37.7 Å². The number of Topliss-reactive ketones (excluding diaryl/α,β-unsaturated/α-hetero) is 1. The number of aromatic carboxylic acids is 2. The van der Waals surface area contributed by atoms with Crippen LogP contribution in [0.1, 0.15) is 118 Å². The first-order valence-electron chi connectivity index (χ1n) is 17.5. The van der Waals surface area contributed by atoms with Gasteiger partial charge in [0.1, 0.15) is 0 Å². The van der Waals surface area contributed by atoms with Gasteiger partial charge in [-0.2, -0.15) is 26.3 Å². The predicted octanol–water partition coefficient (Wildman–Crippen LogP) is 10.4. The van der Waals surface area contributed by atoms with Gasteiger partial charge in [-0.25, -0.2) is 9.59 Å². The Balaban J connectivity index is 1.73. The van der Waals surface area contributed by atoms with E-state index in [1.165, 1.54) is 19.1 Å². The van der Waals surface area contributed by atoms with Crippen LogP contribution in [0.2, 0.25) is 0 Å². The summed E-state index contributed by atoms with van der Waals surface area (Å²) in [5, 5.41) is 24.9. The summed E-state index contributed by atoms with van der Waals surface area (Å²) in [7, 11) is 0. The fraction of sp³-hybridized carbons (Fsp3) is 0.366. The zero-order chi connectivity index (χ0) is 41.1. The van der Waals surface area contributed by atoms with E-state index in [1.54, 1.807) is 34.6 Å². The lowest BCUT2D eigenvalue weighted by Gasteiger charge is -2.40. The average molecular weight is 771 g/mol. The molecular weight excluding hydrogens is 730 g/mol. The molecule has 292 valence electrons. The van der Waals surface area contributed by atoms with Crippen LogP contribution in [0.3, 0.4) is 0 Å². The number of hydrogen-bond donors (Lipinski definition) is 4. The predicted molar refractivity (Wildman–Crippen MR) is 195 cm³/mol. The molecule has 4 aromatic rings. The molecule has 1 aliphatic heterocycles. The summed E-state index contributed by atoms with van der Waals surface area (Å²) in [5.74, 6) is -4.81. The van der Waals surface area contributed by atoms with Crippen molar-refractivity contribution in [1.29, 1.82) is 0 Å². The molecule has 0 saturated carbocycles. The maximum atomic E-state index is 15.3. The molecule has 1 aliphatic rings. The third-order valence-electron chi connectivity index (χ3n) is 11.0. The zero-order valence-electron chi connectivity index (χ0n) is 30.9. The molecule has 0 fully saturated rings. The van der Waals surface area contributed by atoms with Crippen LogP contribution in [-0.2, 0) is 11.8 Å². The monoisotopic (exact) mass is 770 g/mol. The first-order valence-corrected chi connectivity index (χ1v) is 17.5. The smallest absolute Gasteiger partial charge is 0.411 e. The molecule has 4 aromatic carbocycles. The number of fused-ring (bicyclic) bond motifs is 2. The van der Waals surface area contributed by atoms with Crippen LogP contribution >= 0.6 is 0 Å². The van der Waals surface area contributed by atoms with E-state index in [2.05, 4.69) is 10.6 Å². The highest BCUT2D eigenvalue weighted by molar-refractivity contribution is 6.25. The number of alkyl halides is 6. The van der Waals surface area contributed by atoms with Crippen LogP contribution in [-0.4, -0.2) is 51.7 Å². The molecule has 14 heteroatoms. The molecule has 0 aliphatic carbocycles. The number of halogens is 6. The first kappa shape index (κ1) is 40.8. The number of benzene rings is 4. The number of carboxylic acid groups (broad SMARTS) is 2. The molecule has 0 atom stereocenters. The largest absolute Gasteiger partial charge is 0.478 e. The molecule has 0 saturated heterocycles. The van der Waals surface area contributed by atoms with Crippen molar-refractivity contribution < 1.29 is 55.7 Å². The Morgan fingerprint density at radius 1 is 0.745 bits per heavy atom. The molecule has 5 rings (SSSR count). The van der Waals surface area contributed by atoms with Gasteiger partial charge in [-0.15, -0.1) is 0 Å². The van der Waals surface area contributed by atoms with E-state index in [1.807, 2.05) is 0 Å². The number of carboxylic acids is 2. The second-order valence-electron chi connectivity index (χ2n) is 14.9. The SMILES string of the molecule is CCC(C)(CC)C(=O)c1ccc(C(=O)Nc2cc(C(c3ccc4c(c3)NC(C)(C)CC4)(C(F)(F)F)C(F)(F)F)ccc2C)c2c(C(=O)O)ccc(C(=O)O)c12. The second-order valence-corrected chi connectivity index (χ2v) is 14.9. The molecular formula is C41H40F6N2O6. The Morgan fingerprint density at radius 2 is 1.24 bits per heavy atom. The van der Waals surface area contributed by atoms with E-state index in [0.717, 1.165) is 36.4 Å². The van der Waals surface area contributed by atoms with Crippen molar-refractivity contribution in [3.63, 3.8) is 0 Å². The van der Waals surface area contributed by atoms with E-state index >= 15 is 26.3 Å². The molecule has 0 unspecified atom stereocenters. The number of carbonyl (C=O) groups excluding carboxylic acids is 2. The van der Waals surface area contributed by atoms with Gasteiger partial charge in [0.05, 0.1) is 11.1 Å². The first-order chi connectivity index (χ1) is 25.4. The van der Waals surface area contributed by atoms with Crippen LogP contribution in [0, 0.1) is 12.3 Å². The minimum Gasteiger partial charge on any atom is -0.478 e. The van der Waals surface area contributed by atoms with Crippen molar-refractivity contribution in [3.05, 3.63) is 105 Å². The van der Waals surface area contributed by atoms with Crippen molar-refractivity contribution >= 4 is 45.8 Å². The fourth-order valence-corrected chi connectivity index (χ4v) is 7.31. The third kappa shape index (κ3) is 6.91. The number of rotatable bonds is 10. The van der Waals surface area contributed by atoms with E-state index in [4.69, 9.17) is 0 Å². The normalized spacial score (nSPS) is 14.5. The quantitative estimate of drug-likeness (QED) is 0.0932. The third-order valence-corrected chi connectivity index (χ3v) is 11.0. The standard InChI is InChI=1S/C41H40F6N2O6/c1-7-38(6,8-2)33(50)25-13-14-26(32-28(36(54)55)16-15-27(31(25)32)35(52)53)34(51)48-29-19-23(11-9-21(29)3)39(40(42,43)44,41(45,46)47)24-12-10-22-17-18-37(4,5)49-30(22)20-24/h9-16,19-20,49H,7-8,17-18H2,1-6H3,(H,48,51)(H,52,53)(H,54,55). The van der Waals surface area contributed by atoms with E-state index in [0.29, 0.717) is 43.4 Å². The average Bonchev–Trinajstić information content (AvgIpc) is 3.09. The van der Waals surface area contributed by atoms with Crippen molar-refractivity contribution in [2.45, 2.75) is 90.5 Å². The van der Waals surface area contributed by atoms with Crippen molar-refractivity contribution in [3.8, 4) is 0 Å². The van der Waals surface area contributed by atoms with Crippen LogP contribution in [0.5, 0.6) is 0 Å². The number of ketones is 1. The Labute approximate surface area is 312 Å². The maximum absolute atomic E-state index is 15.3. The fourth-order valence-electron chi connectivity index (χ4n) is 7.31. The summed E-state index contributed by atoms with van der Waals surface area (Å²) in [5.41, 5.74) is -9.90. The van der Waals surface area contributed by atoms with Gasteiger partial charge in [0.25, 0.3) is 5.91 Å². The number of anilines is 2. The van der Waals surface area contributed by atoms with E-state index in [-0.39, 0.29) is 22.2 Å². The van der Waals surface area contributed by atoms with Gasteiger partial charge in [0.2, 0.25) is 5.41 Å². The highest BCUT2D eigenvalue weighted by atomic mass is 19.4. The number of hydrogen-bond acceptors (Lipinski definition) is 5. The number of carbonyl (C=O) groups is 4. The lowest BCUT2D eigenvalue weighted by atomic mass is 9.71. The van der Waals surface area contributed by atoms with Crippen LogP contribution in [0.15, 0.2) is 60.7 Å². The van der Waals surface area contributed by atoms with Gasteiger partial charge >= 0.3 is 24.3 Å². The minimum atomic E-state index is -5.94. The summed E-state index contributed by atoms with van der Waals surface area (Å²) in [6.45, 7) is 10.1. The lowest BCUT2D eigenvalue weighted by Crippen LogP contribution is -2.55. The number of aryl methyl sites for hydroxylation is 2. The van der Waals surface area contributed by atoms with Gasteiger partial charge < -0.3 is 20.8 Å². The Hall–Kier alpha value is -5.40. The Morgan fingerprint density at radius 3 is 1.76 bits per heavy atom. The molecule has 0 spiro atoms. The molecule has 4 N–H and O–H groups in total. The van der Waals surface area contributed by atoms with Gasteiger partial charge in [-0.1, -0.05) is 45.0 Å². The van der Waals surface area contributed by atoms with Gasteiger partial charge in [-0.05, 0) is 105 Å². The highest BCUT2D eigenvalue weighted by Crippen LogP contribution is 2.57. The molecule has 0 radical (unpaired) electrons. The minimum absolute atomic E-state index is 0.0617. The molecule has 0 aromatic heterocycles. The Kier molecular flexibility index (Phi) is 10.4. The second kappa shape index (κ2) is 14.0.